The van der Waals surface area contributed by atoms with Crippen LogP contribution in [0.4, 0.5) is 0 Å². The Labute approximate surface area is 72.4 Å². The zero-order valence-corrected chi connectivity index (χ0v) is 7.42. The maximum atomic E-state index is 11.4. The van der Waals surface area contributed by atoms with Crippen LogP contribution in [0.15, 0.2) is 18.2 Å². The van der Waals surface area contributed by atoms with Crippen molar-refractivity contribution in [1.29, 1.82) is 0 Å². The monoisotopic (exact) mass is 160 g/mol. The van der Waals surface area contributed by atoms with Crippen LogP contribution in [0, 0.1) is 6.92 Å². The molecule has 1 aromatic carbocycles. The van der Waals surface area contributed by atoms with E-state index in [1.54, 1.807) is 0 Å². The molecular formula is C11H12O. The lowest BCUT2D eigenvalue weighted by atomic mass is 9.98. The van der Waals surface area contributed by atoms with Crippen molar-refractivity contribution >= 4 is 5.78 Å². The summed E-state index contributed by atoms with van der Waals surface area (Å²) < 4.78 is 0. The molecule has 1 unspecified atom stereocenters. The molecule has 0 saturated heterocycles. The molecular weight excluding hydrogens is 148 g/mol. The van der Waals surface area contributed by atoms with Gasteiger partial charge in [0.2, 0.25) is 0 Å². The van der Waals surface area contributed by atoms with Crippen LogP contribution in [0.1, 0.15) is 40.7 Å². The van der Waals surface area contributed by atoms with Crippen molar-refractivity contribution in [2.45, 2.75) is 26.2 Å². The van der Waals surface area contributed by atoms with Crippen molar-refractivity contribution in [3.05, 3.63) is 34.9 Å². The minimum absolute atomic E-state index is 0.307. The minimum Gasteiger partial charge on any atom is -0.294 e. The van der Waals surface area contributed by atoms with E-state index in [4.69, 9.17) is 0 Å². The van der Waals surface area contributed by atoms with Crippen LogP contribution in [0.2, 0.25) is 0 Å². The number of carbonyl (C=O) groups excluding carboxylic acids is 1. The topological polar surface area (TPSA) is 17.1 Å². The zero-order chi connectivity index (χ0) is 8.72. The van der Waals surface area contributed by atoms with Gasteiger partial charge in [0.15, 0.2) is 5.78 Å². The summed E-state index contributed by atoms with van der Waals surface area (Å²) in [4.78, 5) is 11.4. The number of fused-ring (bicyclic) bond motifs is 1. The lowest BCUT2D eigenvalue weighted by molar-refractivity contribution is 0.0990. The summed E-state index contributed by atoms with van der Waals surface area (Å²) in [6.07, 6.45) is 0.695. The van der Waals surface area contributed by atoms with Crippen molar-refractivity contribution in [3.63, 3.8) is 0 Å². The molecule has 1 aromatic rings. The highest BCUT2D eigenvalue weighted by atomic mass is 16.1. The molecule has 1 heteroatoms. The summed E-state index contributed by atoms with van der Waals surface area (Å²) in [7, 11) is 0. The number of ketones is 1. The van der Waals surface area contributed by atoms with Gasteiger partial charge in [-0.2, -0.15) is 0 Å². The third-order valence-electron chi connectivity index (χ3n) is 2.61. The molecule has 0 amide bonds. The molecule has 0 aromatic heterocycles. The Morgan fingerprint density at radius 3 is 2.83 bits per heavy atom. The Kier molecular flexibility index (Phi) is 1.53. The van der Waals surface area contributed by atoms with E-state index in [2.05, 4.69) is 19.9 Å². The second kappa shape index (κ2) is 2.44. The summed E-state index contributed by atoms with van der Waals surface area (Å²) in [5.74, 6) is 0.731. The lowest BCUT2D eigenvalue weighted by Gasteiger charge is -2.05. The SMILES string of the molecule is Cc1cccc2c1C(C)CC2=O. The first-order valence-corrected chi connectivity index (χ1v) is 4.33. The first kappa shape index (κ1) is 7.53. The summed E-state index contributed by atoms with van der Waals surface area (Å²) in [6, 6.07) is 5.98. The van der Waals surface area contributed by atoms with Crippen LogP contribution in [-0.2, 0) is 0 Å². The Balaban J connectivity index is 2.67. The normalized spacial score (nSPS) is 21.2. The number of Topliss-reactive ketones (excluding diaryl/α,β-unsaturated/α-hetero) is 1. The van der Waals surface area contributed by atoms with Gasteiger partial charge >= 0.3 is 0 Å². The second-order valence-electron chi connectivity index (χ2n) is 3.56. The van der Waals surface area contributed by atoms with Crippen molar-refractivity contribution in [1.82, 2.24) is 0 Å². The Hall–Kier alpha value is -1.11. The molecule has 12 heavy (non-hydrogen) atoms. The van der Waals surface area contributed by atoms with Gasteiger partial charge in [0.05, 0.1) is 0 Å². The van der Waals surface area contributed by atoms with Crippen LogP contribution in [0.25, 0.3) is 0 Å². The number of aryl methyl sites for hydroxylation is 1. The Morgan fingerprint density at radius 1 is 1.42 bits per heavy atom. The molecule has 2 rings (SSSR count). The van der Waals surface area contributed by atoms with E-state index in [0.717, 1.165) is 5.56 Å². The molecule has 0 spiro atoms. The minimum atomic E-state index is 0.307. The van der Waals surface area contributed by atoms with Gasteiger partial charge in [-0.15, -0.1) is 0 Å². The van der Waals surface area contributed by atoms with Crippen molar-refractivity contribution in [2.24, 2.45) is 0 Å². The van der Waals surface area contributed by atoms with Crippen molar-refractivity contribution in [2.75, 3.05) is 0 Å². The van der Waals surface area contributed by atoms with E-state index in [0.29, 0.717) is 18.1 Å². The van der Waals surface area contributed by atoms with Crippen LogP contribution in [0.5, 0.6) is 0 Å². The molecule has 0 saturated carbocycles. The van der Waals surface area contributed by atoms with E-state index in [9.17, 15) is 4.79 Å². The maximum Gasteiger partial charge on any atom is 0.163 e. The van der Waals surface area contributed by atoms with Gasteiger partial charge in [-0.1, -0.05) is 25.1 Å². The van der Waals surface area contributed by atoms with E-state index >= 15 is 0 Å². The van der Waals surface area contributed by atoms with E-state index in [1.807, 2.05) is 12.1 Å². The number of hydrogen-bond donors (Lipinski definition) is 0. The first-order valence-electron chi connectivity index (χ1n) is 4.33. The third kappa shape index (κ3) is 0.893. The maximum absolute atomic E-state index is 11.4. The van der Waals surface area contributed by atoms with Crippen LogP contribution in [0.3, 0.4) is 0 Å². The molecule has 0 fully saturated rings. The Morgan fingerprint density at radius 2 is 2.17 bits per heavy atom. The van der Waals surface area contributed by atoms with Gasteiger partial charge in [-0.05, 0) is 24.0 Å². The first-order chi connectivity index (χ1) is 5.70. The van der Waals surface area contributed by atoms with Crippen molar-refractivity contribution in [3.8, 4) is 0 Å². The van der Waals surface area contributed by atoms with Gasteiger partial charge < -0.3 is 0 Å². The number of hydrogen-bond acceptors (Lipinski definition) is 1. The molecule has 0 N–H and O–H groups in total. The van der Waals surface area contributed by atoms with Crippen LogP contribution >= 0.6 is 0 Å². The number of benzene rings is 1. The highest BCUT2D eigenvalue weighted by Gasteiger charge is 2.26. The standard InChI is InChI=1S/C11H12O/c1-7-4-3-5-9-10(12)6-8(2)11(7)9/h3-5,8H,6H2,1-2H3. The fraction of sp³-hybridized carbons (Fsp3) is 0.364. The Bertz CT molecular complexity index is 339. The predicted octanol–water partition coefficient (Wildman–Crippen LogP) is 2.68. The van der Waals surface area contributed by atoms with E-state index in [-0.39, 0.29) is 0 Å². The van der Waals surface area contributed by atoms with Crippen molar-refractivity contribution < 1.29 is 4.79 Å². The van der Waals surface area contributed by atoms with Gasteiger partial charge in [-0.3, -0.25) is 4.79 Å². The van der Waals surface area contributed by atoms with Crippen LogP contribution < -0.4 is 0 Å². The molecule has 0 radical (unpaired) electrons. The van der Waals surface area contributed by atoms with Gasteiger partial charge in [0, 0.05) is 12.0 Å². The second-order valence-corrected chi connectivity index (χ2v) is 3.56. The molecule has 0 heterocycles. The van der Waals surface area contributed by atoms with Gasteiger partial charge in [-0.25, -0.2) is 0 Å². The molecule has 0 bridgehead atoms. The molecule has 1 aliphatic carbocycles. The van der Waals surface area contributed by atoms with E-state index in [1.165, 1.54) is 11.1 Å². The smallest absolute Gasteiger partial charge is 0.163 e. The van der Waals surface area contributed by atoms with Gasteiger partial charge in [0.25, 0.3) is 0 Å². The molecule has 62 valence electrons. The molecule has 1 nitrogen and oxygen atoms in total. The fourth-order valence-electron chi connectivity index (χ4n) is 2.07. The number of rotatable bonds is 0. The lowest BCUT2D eigenvalue weighted by Crippen LogP contribution is -1.91. The number of carbonyl (C=O) groups is 1. The van der Waals surface area contributed by atoms with Crippen LogP contribution in [-0.4, -0.2) is 5.78 Å². The molecule has 0 aliphatic heterocycles. The molecule has 1 atom stereocenters. The fourth-order valence-corrected chi connectivity index (χ4v) is 2.07. The highest BCUT2D eigenvalue weighted by molar-refractivity contribution is 6.01. The quantitative estimate of drug-likeness (QED) is 0.570. The summed E-state index contributed by atoms with van der Waals surface area (Å²) >= 11 is 0. The largest absolute Gasteiger partial charge is 0.294 e. The summed E-state index contributed by atoms with van der Waals surface area (Å²) in [5, 5.41) is 0. The average Bonchev–Trinajstić information content (AvgIpc) is 2.29. The molecule has 1 aliphatic rings. The average molecular weight is 160 g/mol. The summed E-state index contributed by atoms with van der Waals surface area (Å²) in [5.41, 5.74) is 3.47. The van der Waals surface area contributed by atoms with Gasteiger partial charge in [0.1, 0.15) is 0 Å². The third-order valence-corrected chi connectivity index (χ3v) is 2.61. The van der Waals surface area contributed by atoms with E-state index < -0.39 is 0 Å². The predicted molar refractivity (Wildman–Crippen MR) is 48.5 cm³/mol. The zero-order valence-electron chi connectivity index (χ0n) is 7.42. The summed E-state index contributed by atoms with van der Waals surface area (Å²) in [6.45, 7) is 4.20. The highest BCUT2D eigenvalue weighted by Crippen LogP contribution is 2.34.